The van der Waals surface area contributed by atoms with E-state index in [2.05, 4.69) is 0 Å². The van der Waals surface area contributed by atoms with E-state index in [-0.39, 0.29) is 10.5 Å². The van der Waals surface area contributed by atoms with Crippen LogP contribution in [0.15, 0.2) is 0 Å². The fraction of sp³-hybridized carbons (Fsp3) is 0.875. The molecule has 0 amide bonds. The standard InChI is InChI=1S/C8H17NOS/c1-7(10)8(2,3)11-6-4-5-9/h4-6,9H2,1-3H3. The molecule has 66 valence electrons. The molecule has 0 aromatic rings. The maximum atomic E-state index is 11.0. The van der Waals surface area contributed by atoms with Gasteiger partial charge >= 0.3 is 0 Å². The summed E-state index contributed by atoms with van der Waals surface area (Å²) in [7, 11) is 0. The third-order valence-corrected chi connectivity index (χ3v) is 3.16. The van der Waals surface area contributed by atoms with E-state index in [1.54, 1.807) is 18.7 Å². The van der Waals surface area contributed by atoms with E-state index < -0.39 is 0 Å². The third kappa shape index (κ3) is 4.43. The zero-order chi connectivity index (χ0) is 8.91. The molecule has 2 nitrogen and oxygen atoms in total. The highest BCUT2D eigenvalue weighted by atomic mass is 32.2. The van der Waals surface area contributed by atoms with Crippen molar-refractivity contribution in [2.45, 2.75) is 31.9 Å². The monoisotopic (exact) mass is 175 g/mol. The van der Waals surface area contributed by atoms with E-state index in [4.69, 9.17) is 5.73 Å². The lowest BCUT2D eigenvalue weighted by atomic mass is 10.1. The predicted octanol–water partition coefficient (Wildman–Crippen LogP) is 1.44. The van der Waals surface area contributed by atoms with Crippen LogP contribution in [0.25, 0.3) is 0 Å². The van der Waals surface area contributed by atoms with Crippen LogP contribution in [-0.4, -0.2) is 22.8 Å². The van der Waals surface area contributed by atoms with Gasteiger partial charge in [-0.05, 0) is 39.5 Å². The highest BCUT2D eigenvalue weighted by molar-refractivity contribution is 8.01. The second kappa shape index (κ2) is 4.78. The predicted molar refractivity (Wildman–Crippen MR) is 50.9 cm³/mol. The summed E-state index contributed by atoms with van der Waals surface area (Å²) in [4.78, 5) is 11.0. The Balaban J connectivity index is 3.64. The van der Waals surface area contributed by atoms with Gasteiger partial charge in [-0.3, -0.25) is 4.79 Å². The van der Waals surface area contributed by atoms with E-state index >= 15 is 0 Å². The minimum Gasteiger partial charge on any atom is -0.330 e. The minimum atomic E-state index is -0.227. The lowest BCUT2D eigenvalue weighted by molar-refractivity contribution is -0.118. The smallest absolute Gasteiger partial charge is 0.145 e. The minimum absolute atomic E-state index is 0.227. The molecule has 0 radical (unpaired) electrons. The van der Waals surface area contributed by atoms with Crippen LogP contribution in [0, 0.1) is 0 Å². The van der Waals surface area contributed by atoms with Crippen LogP contribution in [0.1, 0.15) is 27.2 Å². The van der Waals surface area contributed by atoms with Gasteiger partial charge in [-0.2, -0.15) is 0 Å². The first-order valence-corrected chi connectivity index (χ1v) is 4.84. The molecule has 0 aliphatic heterocycles. The van der Waals surface area contributed by atoms with Gasteiger partial charge in [0.25, 0.3) is 0 Å². The van der Waals surface area contributed by atoms with E-state index in [0.717, 1.165) is 12.2 Å². The van der Waals surface area contributed by atoms with Crippen molar-refractivity contribution < 1.29 is 4.79 Å². The number of ketones is 1. The largest absolute Gasteiger partial charge is 0.330 e. The molecule has 0 aromatic carbocycles. The molecule has 0 aromatic heterocycles. The Morgan fingerprint density at radius 2 is 2.09 bits per heavy atom. The van der Waals surface area contributed by atoms with Gasteiger partial charge in [0.15, 0.2) is 0 Å². The number of hydrogen-bond donors (Lipinski definition) is 1. The van der Waals surface area contributed by atoms with Crippen LogP contribution < -0.4 is 5.73 Å². The first kappa shape index (κ1) is 11.0. The molecule has 0 atom stereocenters. The number of thioether (sulfide) groups is 1. The first-order chi connectivity index (χ1) is 5.00. The average molecular weight is 175 g/mol. The van der Waals surface area contributed by atoms with Crippen molar-refractivity contribution in [3.8, 4) is 0 Å². The summed E-state index contributed by atoms with van der Waals surface area (Å²) in [5.74, 6) is 1.21. The van der Waals surface area contributed by atoms with Gasteiger partial charge in [-0.1, -0.05) is 0 Å². The van der Waals surface area contributed by atoms with Gasteiger partial charge in [0, 0.05) is 0 Å². The maximum absolute atomic E-state index is 11.0. The fourth-order valence-electron chi connectivity index (χ4n) is 0.512. The number of Topliss-reactive ketones (excluding diaryl/α,β-unsaturated/α-hetero) is 1. The highest BCUT2D eigenvalue weighted by Crippen LogP contribution is 2.25. The number of nitrogens with two attached hydrogens (primary N) is 1. The molecule has 0 unspecified atom stereocenters. The molecule has 0 bridgehead atoms. The molecule has 2 N–H and O–H groups in total. The second-order valence-electron chi connectivity index (χ2n) is 3.06. The first-order valence-electron chi connectivity index (χ1n) is 3.86. The Bertz CT molecular complexity index is 134. The SMILES string of the molecule is CC(=O)C(C)(C)SCCCN. The second-order valence-corrected chi connectivity index (χ2v) is 4.77. The molecule has 0 fully saturated rings. The van der Waals surface area contributed by atoms with Crippen LogP contribution in [0.5, 0.6) is 0 Å². The fourth-order valence-corrected chi connectivity index (χ4v) is 1.54. The number of carbonyl (C=O) groups is 1. The zero-order valence-electron chi connectivity index (χ0n) is 7.52. The van der Waals surface area contributed by atoms with Gasteiger partial charge < -0.3 is 5.73 Å². The summed E-state index contributed by atoms with van der Waals surface area (Å²) < 4.78 is -0.227. The van der Waals surface area contributed by atoms with Crippen LogP contribution >= 0.6 is 11.8 Å². The van der Waals surface area contributed by atoms with E-state index in [0.29, 0.717) is 6.54 Å². The third-order valence-electron chi connectivity index (χ3n) is 1.66. The normalized spacial score (nSPS) is 11.6. The van der Waals surface area contributed by atoms with E-state index in [1.165, 1.54) is 0 Å². The summed E-state index contributed by atoms with van der Waals surface area (Å²) in [6, 6.07) is 0. The van der Waals surface area contributed by atoms with Gasteiger partial charge in [0.05, 0.1) is 4.75 Å². The lowest BCUT2D eigenvalue weighted by Gasteiger charge is -2.19. The molecule has 0 aliphatic rings. The topological polar surface area (TPSA) is 43.1 Å². The Morgan fingerprint density at radius 3 is 2.45 bits per heavy atom. The van der Waals surface area contributed by atoms with Crippen molar-refractivity contribution in [2.75, 3.05) is 12.3 Å². The highest BCUT2D eigenvalue weighted by Gasteiger charge is 2.23. The summed E-state index contributed by atoms with van der Waals surface area (Å²) in [5, 5.41) is 0. The molecule has 0 heterocycles. The molecule has 11 heavy (non-hydrogen) atoms. The number of hydrogen-bond acceptors (Lipinski definition) is 3. The van der Waals surface area contributed by atoms with Crippen molar-refractivity contribution in [1.29, 1.82) is 0 Å². The lowest BCUT2D eigenvalue weighted by Crippen LogP contribution is -2.25. The van der Waals surface area contributed by atoms with Crippen LogP contribution in [0.3, 0.4) is 0 Å². The molecule has 0 aliphatic carbocycles. The average Bonchev–Trinajstić information content (AvgIpc) is 1.88. The van der Waals surface area contributed by atoms with Crippen molar-refractivity contribution in [3.63, 3.8) is 0 Å². The van der Waals surface area contributed by atoms with Crippen molar-refractivity contribution in [3.05, 3.63) is 0 Å². The number of rotatable bonds is 5. The van der Waals surface area contributed by atoms with Crippen molar-refractivity contribution in [1.82, 2.24) is 0 Å². The number of carbonyl (C=O) groups excluding carboxylic acids is 1. The Labute approximate surface area is 72.9 Å². The van der Waals surface area contributed by atoms with Gasteiger partial charge in [-0.25, -0.2) is 0 Å². The van der Waals surface area contributed by atoms with Gasteiger partial charge in [0.1, 0.15) is 5.78 Å². The van der Waals surface area contributed by atoms with Crippen LogP contribution in [0.2, 0.25) is 0 Å². The summed E-state index contributed by atoms with van der Waals surface area (Å²) >= 11 is 1.68. The van der Waals surface area contributed by atoms with E-state index in [1.807, 2.05) is 13.8 Å². The molecule has 0 saturated heterocycles. The van der Waals surface area contributed by atoms with Crippen molar-refractivity contribution >= 4 is 17.5 Å². The van der Waals surface area contributed by atoms with Gasteiger partial charge in [0.2, 0.25) is 0 Å². The quantitative estimate of drug-likeness (QED) is 0.643. The summed E-state index contributed by atoms with van der Waals surface area (Å²) in [6.45, 7) is 6.25. The molecular weight excluding hydrogens is 158 g/mol. The maximum Gasteiger partial charge on any atom is 0.145 e. The molecule has 0 spiro atoms. The summed E-state index contributed by atoms with van der Waals surface area (Å²) in [5.41, 5.74) is 5.34. The van der Waals surface area contributed by atoms with E-state index in [9.17, 15) is 4.79 Å². The van der Waals surface area contributed by atoms with Crippen molar-refractivity contribution in [2.24, 2.45) is 5.73 Å². The Morgan fingerprint density at radius 1 is 1.55 bits per heavy atom. The van der Waals surface area contributed by atoms with Gasteiger partial charge in [-0.15, -0.1) is 11.8 Å². The molecule has 0 saturated carbocycles. The Hall–Kier alpha value is -0.0200. The molecule has 0 rings (SSSR count). The summed E-state index contributed by atoms with van der Waals surface area (Å²) in [6.07, 6.45) is 0.987. The zero-order valence-corrected chi connectivity index (χ0v) is 8.33. The Kier molecular flexibility index (Phi) is 4.77. The van der Waals surface area contributed by atoms with Crippen LogP contribution in [0.4, 0.5) is 0 Å². The molecule has 3 heteroatoms. The molecular formula is C8H17NOS. The van der Waals surface area contributed by atoms with Crippen LogP contribution in [-0.2, 0) is 4.79 Å².